The van der Waals surface area contributed by atoms with E-state index in [4.69, 9.17) is 5.73 Å². The van der Waals surface area contributed by atoms with Crippen LogP contribution in [0.3, 0.4) is 0 Å². The number of nitrogens with two attached hydrogens (primary N) is 1. The molecule has 1 aromatic rings. The molecule has 0 aliphatic heterocycles. The second-order valence-corrected chi connectivity index (χ2v) is 4.69. The number of carbonyl (C=O) groups is 1. The lowest BCUT2D eigenvalue weighted by Crippen LogP contribution is -2.39. The molecule has 0 heterocycles. The Bertz CT molecular complexity index is 439. The van der Waals surface area contributed by atoms with Crippen LogP contribution in [-0.2, 0) is 5.54 Å². The van der Waals surface area contributed by atoms with Crippen molar-refractivity contribution in [3.05, 3.63) is 34.9 Å². The SMILES string of the molecule is NC1(c2cc(F)c(F)cc2C=O)CCCCC1. The summed E-state index contributed by atoms with van der Waals surface area (Å²) >= 11 is 0. The van der Waals surface area contributed by atoms with Crippen molar-refractivity contribution in [1.82, 2.24) is 0 Å². The van der Waals surface area contributed by atoms with Gasteiger partial charge in [0.2, 0.25) is 0 Å². The highest BCUT2D eigenvalue weighted by atomic mass is 19.2. The van der Waals surface area contributed by atoms with Crippen molar-refractivity contribution >= 4 is 6.29 Å². The van der Waals surface area contributed by atoms with E-state index in [0.29, 0.717) is 24.7 Å². The molecule has 1 saturated carbocycles. The maximum atomic E-state index is 13.3. The van der Waals surface area contributed by atoms with E-state index in [0.717, 1.165) is 31.4 Å². The Labute approximate surface area is 98.8 Å². The maximum Gasteiger partial charge on any atom is 0.159 e. The summed E-state index contributed by atoms with van der Waals surface area (Å²) in [5.41, 5.74) is 6.13. The number of hydrogen-bond acceptors (Lipinski definition) is 2. The lowest BCUT2D eigenvalue weighted by molar-refractivity contribution is 0.111. The molecule has 17 heavy (non-hydrogen) atoms. The summed E-state index contributed by atoms with van der Waals surface area (Å²) in [6.45, 7) is 0. The number of rotatable bonds is 2. The van der Waals surface area contributed by atoms with Crippen molar-refractivity contribution in [2.45, 2.75) is 37.6 Å². The molecular formula is C13H15F2NO. The Balaban J connectivity index is 2.49. The van der Waals surface area contributed by atoms with Crippen LogP contribution in [0.5, 0.6) is 0 Å². The average molecular weight is 239 g/mol. The van der Waals surface area contributed by atoms with Crippen LogP contribution in [0, 0.1) is 11.6 Å². The first-order chi connectivity index (χ1) is 8.07. The first-order valence-corrected chi connectivity index (χ1v) is 5.80. The summed E-state index contributed by atoms with van der Waals surface area (Å²) in [5.74, 6) is -1.95. The Morgan fingerprint density at radius 3 is 2.29 bits per heavy atom. The summed E-state index contributed by atoms with van der Waals surface area (Å²) in [6, 6.07) is 2.01. The van der Waals surface area contributed by atoms with Gasteiger partial charge >= 0.3 is 0 Å². The molecule has 2 rings (SSSR count). The zero-order chi connectivity index (χ0) is 12.5. The standard InChI is InChI=1S/C13H15F2NO/c14-11-6-9(8-17)10(7-12(11)15)13(16)4-2-1-3-5-13/h6-8H,1-5,16H2. The third kappa shape index (κ3) is 2.22. The minimum absolute atomic E-state index is 0.160. The van der Waals surface area contributed by atoms with Gasteiger partial charge in [0.1, 0.15) is 0 Å². The van der Waals surface area contributed by atoms with Gasteiger partial charge in [0, 0.05) is 11.1 Å². The van der Waals surface area contributed by atoms with Crippen molar-refractivity contribution in [3.63, 3.8) is 0 Å². The van der Waals surface area contributed by atoms with E-state index in [9.17, 15) is 13.6 Å². The van der Waals surface area contributed by atoms with Crippen LogP contribution in [0.4, 0.5) is 8.78 Å². The topological polar surface area (TPSA) is 43.1 Å². The Morgan fingerprint density at radius 2 is 1.71 bits per heavy atom. The van der Waals surface area contributed by atoms with E-state index in [1.165, 1.54) is 0 Å². The van der Waals surface area contributed by atoms with E-state index < -0.39 is 17.2 Å². The summed E-state index contributed by atoms with van der Waals surface area (Å²) in [5, 5.41) is 0. The predicted molar refractivity (Wildman–Crippen MR) is 60.7 cm³/mol. The third-order valence-electron chi connectivity index (χ3n) is 3.50. The average Bonchev–Trinajstić information content (AvgIpc) is 2.33. The number of benzene rings is 1. The Hall–Kier alpha value is -1.29. The van der Waals surface area contributed by atoms with Gasteiger partial charge in [0.25, 0.3) is 0 Å². The van der Waals surface area contributed by atoms with Crippen molar-refractivity contribution in [3.8, 4) is 0 Å². The lowest BCUT2D eigenvalue weighted by atomic mass is 9.76. The predicted octanol–water partition coefficient (Wildman–Crippen LogP) is 2.90. The molecule has 0 unspecified atom stereocenters. The fourth-order valence-corrected chi connectivity index (χ4v) is 2.54. The molecule has 0 spiro atoms. The van der Waals surface area contributed by atoms with E-state index in [1.54, 1.807) is 0 Å². The monoisotopic (exact) mass is 239 g/mol. The van der Waals surface area contributed by atoms with Gasteiger partial charge in [-0.3, -0.25) is 4.79 Å². The molecule has 0 aromatic heterocycles. The van der Waals surface area contributed by atoms with Crippen LogP contribution >= 0.6 is 0 Å². The first-order valence-electron chi connectivity index (χ1n) is 5.80. The second kappa shape index (κ2) is 4.53. The van der Waals surface area contributed by atoms with Gasteiger partial charge in [-0.1, -0.05) is 19.3 Å². The van der Waals surface area contributed by atoms with Gasteiger partial charge in [-0.15, -0.1) is 0 Å². The number of halogens is 2. The molecule has 1 aromatic carbocycles. The number of hydrogen-bond donors (Lipinski definition) is 1. The van der Waals surface area contributed by atoms with Gasteiger partial charge in [-0.2, -0.15) is 0 Å². The molecule has 0 saturated heterocycles. The van der Waals surface area contributed by atoms with Crippen LogP contribution in [0.25, 0.3) is 0 Å². The first kappa shape index (κ1) is 12.2. The van der Waals surface area contributed by atoms with Crippen LogP contribution < -0.4 is 5.73 Å². The fourth-order valence-electron chi connectivity index (χ4n) is 2.54. The molecule has 0 radical (unpaired) electrons. The van der Waals surface area contributed by atoms with Crippen LogP contribution in [0.15, 0.2) is 12.1 Å². The summed E-state index contributed by atoms with van der Waals surface area (Å²) in [4.78, 5) is 10.9. The second-order valence-electron chi connectivity index (χ2n) is 4.69. The molecular weight excluding hydrogens is 224 g/mol. The smallest absolute Gasteiger partial charge is 0.159 e. The zero-order valence-electron chi connectivity index (χ0n) is 9.51. The molecule has 2 nitrogen and oxygen atoms in total. The lowest BCUT2D eigenvalue weighted by Gasteiger charge is -2.34. The molecule has 1 aliphatic carbocycles. The van der Waals surface area contributed by atoms with Crippen LogP contribution in [-0.4, -0.2) is 6.29 Å². The molecule has 0 atom stereocenters. The van der Waals surface area contributed by atoms with E-state index in [1.807, 2.05) is 0 Å². The number of carbonyl (C=O) groups excluding carboxylic acids is 1. The molecule has 4 heteroatoms. The van der Waals surface area contributed by atoms with Crippen LogP contribution in [0.2, 0.25) is 0 Å². The zero-order valence-corrected chi connectivity index (χ0v) is 9.51. The van der Waals surface area contributed by atoms with Crippen molar-refractivity contribution < 1.29 is 13.6 Å². The van der Waals surface area contributed by atoms with Crippen LogP contribution in [0.1, 0.15) is 48.0 Å². The Kier molecular flexibility index (Phi) is 3.24. The molecule has 0 bridgehead atoms. The highest BCUT2D eigenvalue weighted by molar-refractivity contribution is 5.78. The maximum absolute atomic E-state index is 13.3. The normalized spacial score (nSPS) is 19.0. The third-order valence-corrected chi connectivity index (χ3v) is 3.50. The van der Waals surface area contributed by atoms with E-state index in [2.05, 4.69) is 0 Å². The molecule has 1 fully saturated rings. The van der Waals surface area contributed by atoms with Gasteiger partial charge in [0.05, 0.1) is 0 Å². The molecule has 1 aliphatic rings. The minimum atomic E-state index is -1.00. The van der Waals surface area contributed by atoms with Crippen molar-refractivity contribution in [2.24, 2.45) is 5.73 Å². The van der Waals surface area contributed by atoms with Crippen molar-refractivity contribution in [1.29, 1.82) is 0 Å². The summed E-state index contributed by atoms with van der Waals surface area (Å²) < 4.78 is 26.3. The highest BCUT2D eigenvalue weighted by Gasteiger charge is 2.32. The van der Waals surface area contributed by atoms with E-state index in [-0.39, 0.29) is 5.56 Å². The minimum Gasteiger partial charge on any atom is -0.321 e. The van der Waals surface area contributed by atoms with Crippen molar-refractivity contribution in [2.75, 3.05) is 0 Å². The molecule has 0 amide bonds. The summed E-state index contributed by atoms with van der Waals surface area (Å²) in [6.07, 6.45) is 4.96. The number of aldehydes is 1. The molecule has 92 valence electrons. The Morgan fingerprint density at radius 1 is 1.12 bits per heavy atom. The van der Waals surface area contributed by atoms with Gasteiger partial charge in [-0.25, -0.2) is 8.78 Å². The quantitative estimate of drug-likeness (QED) is 0.806. The van der Waals surface area contributed by atoms with Gasteiger partial charge in [0.15, 0.2) is 17.9 Å². The van der Waals surface area contributed by atoms with Gasteiger partial charge in [-0.05, 0) is 30.5 Å². The van der Waals surface area contributed by atoms with Gasteiger partial charge < -0.3 is 5.73 Å². The fraction of sp³-hybridized carbons (Fsp3) is 0.462. The largest absolute Gasteiger partial charge is 0.321 e. The molecule has 2 N–H and O–H groups in total. The van der Waals surface area contributed by atoms with E-state index >= 15 is 0 Å². The highest BCUT2D eigenvalue weighted by Crippen LogP contribution is 2.36. The summed E-state index contributed by atoms with van der Waals surface area (Å²) in [7, 11) is 0.